The van der Waals surface area contributed by atoms with E-state index in [1.165, 1.54) is 0 Å². The van der Waals surface area contributed by atoms with Crippen LogP contribution in [0.1, 0.15) is 17.2 Å². The van der Waals surface area contributed by atoms with Gasteiger partial charge in [-0.2, -0.15) is 0 Å². The molecule has 1 unspecified atom stereocenters. The normalized spacial score (nSPS) is 12.7. The average molecular weight is 282 g/mol. The van der Waals surface area contributed by atoms with Crippen molar-refractivity contribution in [3.63, 3.8) is 0 Å². The molecule has 0 saturated carbocycles. The molecular weight excluding hydrogens is 264 g/mol. The Morgan fingerprint density at radius 1 is 1.33 bits per heavy atom. The van der Waals surface area contributed by atoms with Crippen LogP contribution in [0.2, 0.25) is 0 Å². The van der Waals surface area contributed by atoms with E-state index in [0.717, 1.165) is 22.2 Å². The summed E-state index contributed by atoms with van der Waals surface area (Å²) < 4.78 is 1.96. The smallest absolute Gasteiger partial charge is 0.0955 e. The first-order valence-corrected chi connectivity index (χ1v) is 6.93. The summed E-state index contributed by atoms with van der Waals surface area (Å²) in [4.78, 5) is 8.38. The largest absolute Gasteiger partial charge is 0.387 e. The number of nitrogens with zero attached hydrogens (tertiary/aromatic N) is 3. The predicted octanol–water partition coefficient (Wildman–Crippen LogP) is 1.79. The molecule has 0 radical (unpaired) electrons. The number of aliphatic hydroxyl groups excluding tert-OH is 1. The van der Waals surface area contributed by atoms with Gasteiger partial charge in [0.05, 0.1) is 23.5 Å². The van der Waals surface area contributed by atoms with Crippen LogP contribution in [0.25, 0.3) is 11.0 Å². The van der Waals surface area contributed by atoms with Gasteiger partial charge in [-0.1, -0.05) is 12.1 Å². The molecule has 0 aliphatic rings. The third-order valence-corrected chi connectivity index (χ3v) is 3.52. The predicted molar refractivity (Wildman–Crippen MR) is 81.6 cm³/mol. The molecular formula is C16H18N4O. The van der Waals surface area contributed by atoms with Crippen molar-refractivity contribution in [2.45, 2.75) is 12.6 Å². The first-order valence-electron chi connectivity index (χ1n) is 6.93. The van der Waals surface area contributed by atoms with E-state index in [4.69, 9.17) is 0 Å². The first-order chi connectivity index (χ1) is 10.2. The number of benzene rings is 1. The number of hydrogen-bond acceptors (Lipinski definition) is 4. The Labute approximate surface area is 123 Å². The molecule has 0 aliphatic heterocycles. The molecule has 21 heavy (non-hydrogen) atoms. The molecule has 3 aromatic rings. The highest BCUT2D eigenvalue weighted by Gasteiger charge is 2.09. The Morgan fingerprint density at radius 3 is 3.05 bits per heavy atom. The van der Waals surface area contributed by atoms with Gasteiger partial charge in [-0.15, -0.1) is 0 Å². The zero-order chi connectivity index (χ0) is 14.7. The van der Waals surface area contributed by atoms with Crippen LogP contribution in [-0.4, -0.2) is 26.2 Å². The lowest BCUT2D eigenvalue weighted by Crippen LogP contribution is -2.21. The van der Waals surface area contributed by atoms with Gasteiger partial charge in [0, 0.05) is 32.5 Å². The summed E-state index contributed by atoms with van der Waals surface area (Å²) in [5.41, 5.74) is 3.94. The van der Waals surface area contributed by atoms with E-state index in [9.17, 15) is 5.11 Å². The fraction of sp³-hybridized carbons (Fsp3) is 0.250. The molecule has 0 saturated heterocycles. The summed E-state index contributed by atoms with van der Waals surface area (Å²) in [5.74, 6) is 0. The summed E-state index contributed by atoms with van der Waals surface area (Å²) in [6.07, 6.45) is 4.80. The van der Waals surface area contributed by atoms with Gasteiger partial charge >= 0.3 is 0 Å². The summed E-state index contributed by atoms with van der Waals surface area (Å²) in [5, 5.41) is 13.5. The maximum atomic E-state index is 10.3. The van der Waals surface area contributed by atoms with Crippen LogP contribution < -0.4 is 5.32 Å². The van der Waals surface area contributed by atoms with E-state index >= 15 is 0 Å². The van der Waals surface area contributed by atoms with Crippen molar-refractivity contribution in [1.82, 2.24) is 19.9 Å². The molecule has 0 bridgehead atoms. The molecule has 5 heteroatoms. The van der Waals surface area contributed by atoms with Gasteiger partial charge in [0.25, 0.3) is 0 Å². The van der Waals surface area contributed by atoms with Gasteiger partial charge in [0.15, 0.2) is 0 Å². The molecule has 2 heterocycles. The van der Waals surface area contributed by atoms with Crippen LogP contribution in [0, 0.1) is 0 Å². The Kier molecular flexibility index (Phi) is 3.94. The number of pyridine rings is 1. The number of aryl methyl sites for hydroxylation is 1. The molecule has 1 atom stereocenters. The van der Waals surface area contributed by atoms with Crippen LogP contribution in [0.15, 0.2) is 49.1 Å². The maximum absolute atomic E-state index is 10.3. The van der Waals surface area contributed by atoms with Crippen molar-refractivity contribution >= 4 is 11.0 Å². The third kappa shape index (κ3) is 3.09. The number of nitrogens with one attached hydrogen (secondary N) is 1. The van der Waals surface area contributed by atoms with Crippen molar-refractivity contribution in [2.75, 3.05) is 6.54 Å². The highest BCUT2D eigenvalue weighted by Crippen LogP contribution is 2.18. The van der Waals surface area contributed by atoms with Crippen molar-refractivity contribution in [3.8, 4) is 0 Å². The molecule has 2 aromatic heterocycles. The van der Waals surface area contributed by atoms with Crippen LogP contribution in [-0.2, 0) is 13.6 Å². The minimum absolute atomic E-state index is 0.493. The number of hydrogen-bond donors (Lipinski definition) is 2. The summed E-state index contributed by atoms with van der Waals surface area (Å²) in [7, 11) is 1.96. The number of rotatable bonds is 5. The minimum Gasteiger partial charge on any atom is -0.387 e. The summed E-state index contributed by atoms with van der Waals surface area (Å²) >= 11 is 0. The second kappa shape index (κ2) is 6.03. The quantitative estimate of drug-likeness (QED) is 0.749. The Morgan fingerprint density at radius 2 is 2.24 bits per heavy atom. The maximum Gasteiger partial charge on any atom is 0.0955 e. The Balaban J connectivity index is 1.62. The van der Waals surface area contributed by atoms with E-state index in [1.807, 2.05) is 48.1 Å². The molecule has 5 nitrogen and oxygen atoms in total. The topological polar surface area (TPSA) is 63.0 Å². The highest BCUT2D eigenvalue weighted by molar-refractivity contribution is 5.76. The average Bonchev–Trinajstić information content (AvgIpc) is 2.89. The minimum atomic E-state index is -0.548. The monoisotopic (exact) mass is 282 g/mol. The molecule has 0 spiro atoms. The summed E-state index contributed by atoms with van der Waals surface area (Å²) in [6.45, 7) is 1.18. The van der Waals surface area contributed by atoms with E-state index in [2.05, 4.69) is 15.3 Å². The van der Waals surface area contributed by atoms with Crippen LogP contribution in [0.4, 0.5) is 0 Å². The zero-order valence-electron chi connectivity index (χ0n) is 11.9. The van der Waals surface area contributed by atoms with E-state index in [-0.39, 0.29) is 0 Å². The lowest BCUT2D eigenvalue weighted by molar-refractivity contribution is 0.174. The van der Waals surface area contributed by atoms with Crippen molar-refractivity contribution in [3.05, 3.63) is 60.2 Å². The number of aromatic nitrogens is 3. The molecule has 0 amide bonds. The number of aliphatic hydroxyl groups is 1. The lowest BCUT2D eigenvalue weighted by Gasteiger charge is -2.12. The van der Waals surface area contributed by atoms with Crippen LogP contribution in [0.5, 0.6) is 0 Å². The van der Waals surface area contributed by atoms with Crippen molar-refractivity contribution < 1.29 is 5.11 Å². The highest BCUT2D eigenvalue weighted by atomic mass is 16.3. The molecule has 0 fully saturated rings. The van der Waals surface area contributed by atoms with Crippen LogP contribution in [0.3, 0.4) is 0 Å². The third-order valence-electron chi connectivity index (χ3n) is 3.52. The van der Waals surface area contributed by atoms with Gasteiger partial charge < -0.3 is 15.0 Å². The molecule has 108 valence electrons. The van der Waals surface area contributed by atoms with Gasteiger partial charge in [0.2, 0.25) is 0 Å². The van der Waals surface area contributed by atoms with Crippen LogP contribution >= 0.6 is 0 Å². The van der Waals surface area contributed by atoms with E-state index in [1.54, 1.807) is 12.5 Å². The van der Waals surface area contributed by atoms with Gasteiger partial charge in [-0.25, -0.2) is 4.98 Å². The fourth-order valence-corrected chi connectivity index (χ4v) is 2.33. The second-order valence-corrected chi connectivity index (χ2v) is 5.11. The Hall–Kier alpha value is -2.24. The van der Waals surface area contributed by atoms with Gasteiger partial charge in [-0.3, -0.25) is 4.98 Å². The number of imidazole rings is 1. The van der Waals surface area contributed by atoms with Crippen molar-refractivity contribution in [1.29, 1.82) is 0 Å². The number of fused-ring (bicyclic) bond motifs is 1. The Bertz CT molecular complexity index is 723. The molecule has 3 rings (SSSR count). The SMILES string of the molecule is Cn1cnc2cc(C(O)CNCc3cccnc3)ccc21. The molecule has 0 aliphatic carbocycles. The van der Waals surface area contributed by atoms with E-state index in [0.29, 0.717) is 13.1 Å². The summed E-state index contributed by atoms with van der Waals surface area (Å²) in [6, 6.07) is 9.78. The molecule has 1 aromatic carbocycles. The zero-order valence-corrected chi connectivity index (χ0v) is 11.9. The van der Waals surface area contributed by atoms with Gasteiger partial charge in [0.1, 0.15) is 0 Å². The second-order valence-electron chi connectivity index (χ2n) is 5.11. The van der Waals surface area contributed by atoms with Crippen molar-refractivity contribution in [2.24, 2.45) is 7.05 Å². The lowest BCUT2D eigenvalue weighted by atomic mass is 10.1. The molecule has 2 N–H and O–H groups in total. The van der Waals surface area contributed by atoms with E-state index < -0.39 is 6.10 Å². The standard InChI is InChI=1S/C16H18N4O/c1-20-11-19-14-7-13(4-5-15(14)20)16(21)10-18-9-12-3-2-6-17-8-12/h2-8,11,16,18,21H,9-10H2,1H3. The fourth-order valence-electron chi connectivity index (χ4n) is 2.33. The first kappa shape index (κ1) is 13.7. The van der Waals surface area contributed by atoms with Gasteiger partial charge in [-0.05, 0) is 29.3 Å².